The minimum atomic E-state index is 0. The molecule has 1 unspecified atom stereocenters. The van der Waals surface area contributed by atoms with E-state index in [0.29, 0.717) is 18.5 Å². The van der Waals surface area contributed by atoms with Crippen LogP contribution in [-0.2, 0) is 17.8 Å². The summed E-state index contributed by atoms with van der Waals surface area (Å²) < 4.78 is 0. The first-order valence-corrected chi connectivity index (χ1v) is 10.6. The second-order valence-corrected chi connectivity index (χ2v) is 7.47. The predicted molar refractivity (Wildman–Crippen MR) is 132 cm³/mol. The average Bonchev–Trinajstić information content (AvgIpc) is 2.73. The molecular weight excluding hydrogens is 477 g/mol. The monoisotopic (exact) mass is 515 g/mol. The van der Waals surface area contributed by atoms with E-state index in [1.165, 1.54) is 11.1 Å². The molecule has 2 rings (SSSR count). The van der Waals surface area contributed by atoms with Crippen LogP contribution >= 0.6 is 24.0 Å². The van der Waals surface area contributed by atoms with E-state index in [0.717, 1.165) is 45.4 Å². The summed E-state index contributed by atoms with van der Waals surface area (Å²) in [7, 11) is 1.75. The molecule has 2 N–H and O–H groups in total. The molecule has 7 heteroatoms. The maximum Gasteiger partial charge on any atom is 0.242 e. The topological polar surface area (TPSA) is 60.0 Å². The molecule has 0 saturated carbocycles. The number of aliphatic imine (C=N–C) groups is 1. The molecule has 1 amide bonds. The Bertz CT molecular complexity index is 648. The number of rotatable bonds is 9. The molecule has 0 aliphatic carbocycles. The number of benzene rings is 1. The summed E-state index contributed by atoms with van der Waals surface area (Å²) in [4.78, 5) is 21.2. The third kappa shape index (κ3) is 8.50. The van der Waals surface area contributed by atoms with E-state index in [9.17, 15) is 4.79 Å². The number of fused-ring (bicyclic) bond motifs is 1. The molecule has 0 spiro atoms. The van der Waals surface area contributed by atoms with Crippen molar-refractivity contribution in [3.8, 4) is 0 Å². The highest BCUT2D eigenvalue weighted by atomic mass is 127. The van der Waals surface area contributed by atoms with Gasteiger partial charge in [-0.05, 0) is 56.9 Å². The second kappa shape index (κ2) is 13.8. The van der Waals surface area contributed by atoms with E-state index >= 15 is 0 Å². The molecule has 29 heavy (non-hydrogen) atoms. The van der Waals surface area contributed by atoms with Crippen LogP contribution in [0.2, 0.25) is 0 Å². The number of hydrogen-bond donors (Lipinski definition) is 2. The molecule has 0 fully saturated rings. The molecule has 6 nitrogen and oxygen atoms in total. The van der Waals surface area contributed by atoms with Crippen LogP contribution in [0.1, 0.15) is 44.7 Å². The van der Waals surface area contributed by atoms with Gasteiger partial charge in [0, 0.05) is 26.2 Å². The van der Waals surface area contributed by atoms with Crippen molar-refractivity contribution >= 4 is 35.8 Å². The van der Waals surface area contributed by atoms with Gasteiger partial charge in [-0.2, -0.15) is 0 Å². The van der Waals surface area contributed by atoms with Gasteiger partial charge in [0.2, 0.25) is 5.91 Å². The average molecular weight is 515 g/mol. The van der Waals surface area contributed by atoms with E-state index < -0.39 is 0 Å². The minimum Gasteiger partial charge on any atom is -0.354 e. The van der Waals surface area contributed by atoms with Crippen molar-refractivity contribution in [3.63, 3.8) is 0 Å². The minimum absolute atomic E-state index is 0. The van der Waals surface area contributed by atoms with Gasteiger partial charge in [-0.15, -0.1) is 24.0 Å². The summed E-state index contributed by atoms with van der Waals surface area (Å²) in [6, 6.07) is 8.69. The Morgan fingerprint density at radius 1 is 1.24 bits per heavy atom. The Morgan fingerprint density at radius 3 is 2.59 bits per heavy atom. The molecule has 1 aromatic carbocycles. The molecule has 1 aliphatic heterocycles. The molecule has 1 aromatic rings. The summed E-state index contributed by atoms with van der Waals surface area (Å²) >= 11 is 0. The second-order valence-electron chi connectivity index (χ2n) is 7.47. The third-order valence-electron chi connectivity index (χ3n) is 5.50. The first-order valence-electron chi connectivity index (χ1n) is 10.6. The van der Waals surface area contributed by atoms with E-state index in [1.807, 2.05) is 11.0 Å². The van der Waals surface area contributed by atoms with Crippen LogP contribution in [0.3, 0.4) is 0 Å². The quantitative estimate of drug-likeness (QED) is 0.302. The van der Waals surface area contributed by atoms with Crippen LogP contribution in [-0.4, -0.2) is 67.5 Å². The zero-order valence-electron chi connectivity index (χ0n) is 18.4. The first kappa shape index (κ1) is 25.7. The lowest BCUT2D eigenvalue weighted by molar-refractivity contribution is -0.130. The number of amides is 1. The molecule has 0 saturated heterocycles. The molecular formula is C22H38IN5O. The van der Waals surface area contributed by atoms with Gasteiger partial charge in [0.25, 0.3) is 0 Å². The molecule has 0 radical (unpaired) electrons. The Balaban J connectivity index is 0.00000420. The van der Waals surface area contributed by atoms with E-state index in [4.69, 9.17) is 0 Å². The highest BCUT2D eigenvalue weighted by molar-refractivity contribution is 14.0. The number of guanidine groups is 1. The van der Waals surface area contributed by atoms with Gasteiger partial charge in [-0.3, -0.25) is 9.79 Å². The Morgan fingerprint density at radius 2 is 1.93 bits per heavy atom. The van der Waals surface area contributed by atoms with Gasteiger partial charge in [0.1, 0.15) is 0 Å². The van der Waals surface area contributed by atoms with Crippen LogP contribution in [0.5, 0.6) is 0 Å². The lowest BCUT2D eigenvalue weighted by Crippen LogP contribution is -2.47. The summed E-state index contributed by atoms with van der Waals surface area (Å²) in [5, 5.41) is 6.58. The first-order chi connectivity index (χ1) is 13.6. The van der Waals surface area contributed by atoms with Gasteiger partial charge >= 0.3 is 0 Å². The predicted octanol–water partition coefficient (Wildman–Crippen LogP) is 2.86. The number of carbonyl (C=O) groups is 1. The standard InChI is InChI=1S/C22H37N5O.HI/c1-5-26(6-2)14-9-10-18(3)25-22(23-4)24-16-21(28)27-15-13-19-11-7-8-12-20(19)17-27;/h7-8,11-12,18H,5-6,9-10,13-17H2,1-4H3,(H2,23,24,25);1H. The Hall–Kier alpha value is -1.35. The Kier molecular flexibility index (Phi) is 12.2. The number of carbonyl (C=O) groups excluding carboxylic acids is 1. The van der Waals surface area contributed by atoms with Crippen molar-refractivity contribution in [2.24, 2.45) is 4.99 Å². The van der Waals surface area contributed by atoms with Gasteiger partial charge in [-0.25, -0.2) is 0 Å². The normalized spacial score (nSPS) is 14.8. The van der Waals surface area contributed by atoms with E-state index in [1.54, 1.807) is 7.05 Å². The van der Waals surface area contributed by atoms with E-state index in [2.05, 4.69) is 59.5 Å². The summed E-state index contributed by atoms with van der Waals surface area (Å²) in [6.45, 7) is 11.7. The zero-order chi connectivity index (χ0) is 20.4. The van der Waals surface area contributed by atoms with Crippen molar-refractivity contribution in [1.29, 1.82) is 0 Å². The summed E-state index contributed by atoms with van der Waals surface area (Å²) in [5.41, 5.74) is 2.61. The summed E-state index contributed by atoms with van der Waals surface area (Å²) in [6.07, 6.45) is 3.16. The van der Waals surface area contributed by atoms with E-state index in [-0.39, 0.29) is 36.4 Å². The van der Waals surface area contributed by atoms with Crippen molar-refractivity contribution < 1.29 is 4.79 Å². The fourth-order valence-corrected chi connectivity index (χ4v) is 3.64. The fraction of sp³-hybridized carbons (Fsp3) is 0.636. The number of nitrogens with one attached hydrogen (secondary N) is 2. The lowest BCUT2D eigenvalue weighted by atomic mass is 10.00. The lowest BCUT2D eigenvalue weighted by Gasteiger charge is -2.29. The van der Waals surface area contributed by atoms with Gasteiger partial charge in [-0.1, -0.05) is 38.1 Å². The van der Waals surface area contributed by atoms with Crippen molar-refractivity contribution in [2.75, 3.05) is 39.8 Å². The SMILES string of the molecule is CCN(CC)CCCC(C)NC(=NC)NCC(=O)N1CCc2ccccc2C1.I. The number of hydrogen-bond acceptors (Lipinski definition) is 3. The van der Waals surface area contributed by atoms with Crippen LogP contribution in [0.25, 0.3) is 0 Å². The number of halogens is 1. The summed E-state index contributed by atoms with van der Waals surface area (Å²) in [5.74, 6) is 0.813. The van der Waals surface area contributed by atoms with Crippen LogP contribution < -0.4 is 10.6 Å². The molecule has 1 heterocycles. The van der Waals surface area contributed by atoms with Crippen molar-refractivity contribution in [1.82, 2.24) is 20.4 Å². The fourth-order valence-electron chi connectivity index (χ4n) is 3.64. The van der Waals surface area contributed by atoms with Gasteiger partial charge < -0.3 is 20.4 Å². The van der Waals surface area contributed by atoms with Crippen molar-refractivity contribution in [3.05, 3.63) is 35.4 Å². The zero-order valence-corrected chi connectivity index (χ0v) is 20.7. The maximum absolute atomic E-state index is 12.6. The van der Waals surface area contributed by atoms with Crippen LogP contribution in [0, 0.1) is 0 Å². The smallest absolute Gasteiger partial charge is 0.242 e. The van der Waals surface area contributed by atoms with Crippen LogP contribution in [0.4, 0.5) is 0 Å². The maximum atomic E-state index is 12.6. The Labute approximate surface area is 193 Å². The highest BCUT2D eigenvalue weighted by Gasteiger charge is 2.20. The molecule has 0 aromatic heterocycles. The third-order valence-corrected chi connectivity index (χ3v) is 5.50. The molecule has 1 aliphatic rings. The largest absolute Gasteiger partial charge is 0.354 e. The highest BCUT2D eigenvalue weighted by Crippen LogP contribution is 2.18. The van der Waals surface area contributed by atoms with Gasteiger partial charge in [0.05, 0.1) is 6.54 Å². The molecule has 0 bridgehead atoms. The molecule has 164 valence electrons. The van der Waals surface area contributed by atoms with Crippen LogP contribution in [0.15, 0.2) is 29.3 Å². The van der Waals surface area contributed by atoms with Gasteiger partial charge in [0.15, 0.2) is 5.96 Å². The van der Waals surface area contributed by atoms with Crippen molar-refractivity contribution in [2.45, 2.75) is 52.6 Å². The number of nitrogens with zero attached hydrogens (tertiary/aromatic N) is 3. The molecule has 1 atom stereocenters.